The van der Waals surface area contributed by atoms with Crippen molar-refractivity contribution >= 4 is 74.8 Å². The van der Waals surface area contributed by atoms with Crippen molar-refractivity contribution in [2.45, 2.75) is 89.6 Å². The van der Waals surface area contributed by atoms with E-state index in [2.05, 4.69) is 10.2 Å². The molecule has 1 atom stereocenters. The second kappa shape index (κ2) is 22.5. The lowest BCUT2D eigenvalue weighted by Gasteiger charge is -2.36. The van der Waals surface area contributed by atoms with Gasteiger partial charge in [0, 0.05) is 36.1 Å². The zero-order chi connectivity index (χ0) is 31.9. The van der Waals surface area contributed by atoms with Crippen LogP contribution in [0.5, 0.6) is 0 Å². The molecule has 1 aromatic rings. The average molecular weight is 760 g/mol. The summed E-state index contributed by atoms with van der Waals surface area (Å²) in [5, 5.41) is 2.09. The predicted octanol–water partition coefficient (Wildman–Crippen LogP) is 7.75. The zero-order valence-electron chi connectivity index (χ0n) is 26.9. The van der Waals surface area contributed by atoms with Gasteiger partial charge in [-0.2, -0.15) is 0 Å². The number of hydrogen-bond acceptors (Lipinski definition) is 9. The number of amides is 1. The Morgan fingerprint density at radius 2 is 1.33 bits per heavy atom. The lowest BCUT2D eigenvalue weighted by molar-refractivity contribution is -0.124. The van der Waals surface area contributed by atoms with Crippen LogP contribution in [0.15, 0.2) is 24.3 Å². The smallest absolute Gasteiger partial charge is 0.345 e. The lowest BCUT2D eigenvalue weighted by atomic mass is 9.91. The van der Waals surface area contributed by atoms with E-state index in [-0.39, 0.29) is 63.6 Å². The quantitative estimate of drug-likeness (QED) is 0.0901. The van der Waals surface area contributed by atoms with Gasteiger partial charge in [0.2, 0.25) is 5.91 Å². The molecule has 2 rings (SSSR count). The topological polar surface area (TPSA) is 129 Å². The highest BCUT2D eigenvalue weighted by Crippen LogP contribution is 2.72. The van der Waals surface area contributed by atoms with Gasteiger partial charge in [0.05, 0.1) is 32.5 Å². The zero-order valence-corrected chi connectivity index (χ0v) is 31.9. The summed E-state index contributed by atoms with van der Waals surface area (Å²) < 4.78 is 50.5. The third-order valence-corrected chi connectivity index (χ3v) is 14.1. The Hall–Kier alpha value is -0.0900. The van der Waals surface area contributed by atoms with E-state index in [1.165, 1.54) is 0 Å². The molecule has 45 heavy (non-hydrogen) atoms. The predicted molar refractivity (Wildman–Crippen MR) is 190 cm³/mol. The Balaban J connectivity index is 0.00000968. The number of nitrogens with one attached hydrogen (secondary N) is 1. The van der Waals surface area contributed by atoms with Gasteiger partial charge in [-0.15, -0.1) is 48.0 Å². The molecule has 0 aliphatic heterocycles. The van der Waals surface area contributed by atoms with Crippen molar-refractivity contribution in [3.05, 3.63) is 29.8 Å². The molecule has 0 radical (unpaired) electrons. The maximum absolute atomic E-state index is 14.0. The second-order valence-electron chi connectivity index (χ2n) is 10.6. The van der Waals surface area contributed by atoms with Crippen LogP contribution in [0.4, 0.5) is 5.69 Å². The monoisotopic (exact) mass is 757 g/mol. The van der Waals surface area contributed by atoms with Crippen molar-refractivity contribution in [3.8, 4) is 0 Å². The third-order valence-electron chi connectivity index (χ3n) is 7.60. The lowest BCUT2D eigenvalue weighted by Crippen LogP contribution is -2.53. The fourth-order valence-corrected chi connectivity index (χ4v) is 11.4. The number of nitrogens with two attached hydrogens (primary N) is 1. The van der Waals surface area contributed by atoms with E-state index in [9.17, 15) is 13.9 Å². The van der Waals surface area contributed by atoms with Crippen molar-refractivity contribution in [2.24, 2.45) is 5.73 Å². The molecular formula is C29H53Cl4N3O7P2. The minimum absolute atomic E-state index is 0. The highest BCUT2D eigenvalue weighted by molar-refractivity contribution is 7.72. The van der Waals surface area contributed by atoms with Crippen molar-refractivity contribution < 1.29 is 32.0 Å². The Morgan fingerprint density at radius 1 is 0.889 bits per heavy atom. The highest BCUT2D eigenvalue weighted by atomic mass is 35.5. The normalized spacial score (nSPS) is 15.3. The van der Waals surface area contributed by atoms with Crippen LogP contribution in [-0.4, -0.2) is 74.2 Å². The summed E-state index contributed by atoms with van der Waals surface area (Å²) in [7, 11) is -7.77. The van der Waals surface area contributed by atoms with Crippen LogP contribution in [-0.2, 0) is 38.4 Å². The molecule has 16 heteroatoms. The Labute approximate surface area is 292 Å². The average Bonchev–Trinajstić information content (AvgIpc) is 3.42. The third kappa shape index (κ3) is 13.4. The van der Waals surface area contributed by atoms with E-state index >= 15 is 0 Å². The molecule has 0 aromatic heterocycles. The number of rotatable bonds is 22. The number of carbonyl (C=O) groups excluding carboxylic acids is 1. The van der Waals surface area contributed by atoms with Gasteiger partial charge in [-0.25, -0.2) is 0 Å². The minimum atomic E-state index is -3.89. The van der Waals surface area contributed by atoms with Crippen LogP contribution < -0.4 is 16.0 Å². The molecule has 0 saturated heterocycles. The Morgan fingerprint density at radius 3 is 1.73 bits per heavy atom. The van der Waals surface area contributed by atoms with E-state index in [0.29, 0.717) is 37.7 Å². The summed E-state index contributed by atoms with van der Waals surface area (Å²) in [4.78, 5) is 15.5. The van der Waals surface area contributed by atoms with Gasteiger partial charge >= 0.3 is 15.2 Å². The van der Waals surface area contributed by atoms with Gasteiger partial charge in [0.15, 0.2) is 5.40 Å². The summed E-state index contributed by atoms with van der Waals surface area (Å²) in [6, 6.07) is 7.14. The molecule has 0 spiro atoms. The maximum Gasteiger partial charge on any atom is 0.345 e. The highest BCUT2D eigenvalue weighted by Gasteiger charge is 2.52. The van der Waals surface area contributed by atoms with Crippen LogP contribution >= 0.6 is 63.2 Å². The first kappa shape index (κ1) is 44.9. The van der Waals surface area contributed by atoms with Crippen LogP contribution in [0, 0.1) is 0 Å². The number of nitrogens with zero attached hydrogens (tertiary/aromatic N) is 1. The van der Waals surface area contributed by atoms with Crippen LogP contribution in [0.25, 0.3) is 0 Å². The van der Waals surface area contributed by atoms with Gasteiger partial charge in [0.1, 0.15) is 0 Å². The molecule has 3 N–H and O–H groups in total. The molecule has 1 fully saturated rings. The molecule has 0 heterocycles. The summed E-state index contributed by atoms with van der Waals surface area (Å²) in [6.07, 6.45) is 4.22. The first-order valence-electron chi connectivity index (χ1n) is 15.4. The van der Waals surface area contributed by atoms with Crippen LogP contribution in [0.1, 0.15) is 71.8 Å². The SMILES string of the molecule is CCOP(=O)(OCC)C(CCC1(NC(=O)[C@@H](N)Cc2ccc(N(CCCl)CCCl)cc2)CCCC1)P(=O)(OCC)OCC.Cl.Cl. The number of anilines is 1. The van der Waals surface area contributed by atoms with E-state index in [4.69, 9.17) is 47.0 Å². The molecular weight excluding hydrogens is 706 g/mol. The molecule has 0 unspecified atom stereocenters. The minimum Gasteiger partial charge on any atom is -0.369 e. The fourth-order valence-electron chi connectivity index (χ4n) is 5.64. The maximum atomic E-state index is 14.0. The number of halogens is 4. The van der Waals surface area contributed by atoms with Crippen LogP contribution in [0.3, 0.4) is 0 Å². The van der Waals surface area contributed by atoms with E-state index in [1.807, 2.05) is 24.3 Å². The molecule has 1 aliphatic rings. The van der Waals surface area contributed by atoms with Gasteiger partial charge in [-0.1, -0.05) is 25.0 Å². The summed E-state index contributed by atoms with van der Waals surface area (Å²) in [5.74, 6) is 0.732. The van der Waals surface area contributed by atoms with Gasteiger partial charge < -0.3 is 34.0 Å². The Bertz CT molecular complexity index is 1010. The van der Waals surface area contributed by atoms with Crippen molar-refractivity contribution in [1.29, 1.82) is 0 Å². The number of carbonyl (C=O) groups is 1. The van der Waals surface area contributed by atoms with E-state index in [1.54, 1.807) is 27.7 Å². The van der Waals surface area contributed by atoms with Gasteiger partial charge in [0.25, 0.3) is 0 Å². The number of hydrogen-bond donors (Lipinski definition) is 2. The molecule has 1 saturated carbocycles. The van der Waals surface area contributed by atoms with Gasteiger partial charge in [-0.05, 0) is 77.5 Å². The molecule has 1 aromatic carbocycles. The number of alkyl halides is 2. The summed E-state index contributed by atoms with van der Waals surface area (Å²) in [5.41, 5.74) is 7.76. The first-order chi connectivity index (χ1) is 20.6. The first-order valence-corrected chi connectivity index (χ1v) is 19.7. The summed E-state index contributed by atoms with van der Waals surface area (Å²) in [6.45, 7) is 8.65. The van der Waals surface area contributed by atoms with Crippen molar-refractivity contribution in [3.63, 3.8) is 0 Å². The molecule has 10 nitrogen and oxygen atoms in total. The number of benzene rings is 1. The second-order valence-corrected chi connectivity index (χ2v) is 16.2. The van der Waals surface area contributed by atoms with Gasteiger partial charge in [-0.3, -0.25) is 13.9 Å². The largest absolute Gasteiger partial charge is 0.369 e. The molecule has 1 aliphatic carbocycles. The summed E-state index contributed by atoms with van der Waals surface area (Å²) >= 11 is 11.9. The molecule has 1 amide bonds. The van der Waals surface area contributed by atoms with Crippen LogP contribution in [0.2, 0.25) is 0 Å². The van der Waals surface area contributed by atoms with E-state index < -0.39 is 32.2 Å². The molecule has 264 valence electrons. The fraction of sp³-hybridized carbons (Fsp3) is 0.759. The standard InChI is InChI=1S/C29H51Cl2N3O7P2.2ClH/c1-5-38-42(36,39-6-2)27(43(37,40-7-3)41-8-4)15-18-29(16-9-10-17-29)33-28(35)26(32)23-24-11-13-25(14-12-24)34(21-19-30)22-20-31;;/h11-14,26-27H,5-10,15-23,32H2,1-4H3,(H,33,35);2*1H/t26-;;/m0../s1. The van der Waals surface area contributed by atoms with Crippen molar-refractivity contribution in [1.82, 2.24) is 5.32 Å². The Kier molecular flexibility index (Phi) is 22.5. The van der Waals surface area contributed by atoms with Crippen molar-refractivity contribution in [2.75, 3.05) is 56.2 Å². The molecule has 0 bridgehead atoms. The van der Waals surface area contributed by atoms with E-state index in [0.717, 1.165) is 36.9 Å².